The quantitative estimate of drug-likeness (QED) is 0.877. The maximum atomic E-state index is 4.75. The van der Waals surface area contributed by atoms with E-state index in [2.05, 4.69) is 65.6 Å². The summed E-state index contributed by atoms with van der Waals surface area (Å²) in [6.45, 7) is 6.45. The third-order valence-corrected chi connectivity index (χ3v) is 4.98. The lowest BCUT2D eigenvalue weighted by atomic mass is 10.1. The van der Waals surface area contributed by atoms with Gasteiger partial charge in [-0.15, -0.1) is 11.3 Å². The molecule has 0 radical (unpaired) electrons. The Morgan fingerprint density at radius 3 is 2.58 bits per heavy atom. The first-order valence-corrected chi connectivity index (χ1v) is 8.08. The van der Waals surface area contributed by atoms with Gasteiger partial charge in [0.1, 0.15) is 5.01 Å². The van der Waals surface area contributed by atoms with E-state index in [-0.39, 0.29) is 6.04 Å². The molecule has 2 rings (SSSR count). The first-order chi connectivity index (χ1) is 9.02. The molecule has 1 aromatic carbocycles. The third-order valence-electron chi connectivity index (χ3n) is 3.20. The number of hydrogen-bond donors (Lipinski definition) is 1. The zero-order valence-electron chi connectivity index (χ0n) is 11.7. The van der Waals surface area contributed by atoms with Crippen LogP contribution in [0.5, 0.6) is 0 Å². The number of nitrogens with one attached hydrogen (secondary N) is 1. The lowest BCUT2D eigenvalue weighted by Gasteiger charge is -2.15. The molecule has 0 saturated heterocycles. The maximum Gasteiger partial charge on any atom is 0.114 e. The normalized spacial score (nSPS) is 12.9. The van der Waals surface area contributed by atoms with Gasteiger partial charge in [0.15, 0.2) is 0 Å². The van der Waals surface area contributed by atoms with Crippen LogP contribution in [0.15, 0.2) is 28.1 Å². The second-order valence-electron chi connectivity index (χ2n) is 5.00. The zero-order valence-corrected chi connectivity index (χ0v) is 14.1. The van der Waals surface area contributed by atoms with E-state index < -0.39 is 0 Å². The SMILES string of the molecule is CNC(c1ccc(C)c(Br)c1)c1nc(C(C)C)cs1. The number of hydrogen-bond acceptors (Lipinski definition) is 3. The molecule has 2 aromatic rings. The van der Waals surface area contributed by atoms with Crippen LogP contribution in [0, 0.1) is 6.92 Å². The van der Waals surface area contributed by atoms with Crippen LogP contribution >= 0.6 is 27.3 Å². The van der Waals surface area contributed by atoms with Gasteiger partial charge in [-0.05, 0) is 37.1 Å². The van der Waals surface area contributed by atoms with Crippen LogP contribution in [0.4, 0.5) is 0 Å². The highest BCUT2D eigenvalue weighted by atomic mass is 79.9. The van der Waals surface area contributed by atoms with E-state index >= 15 is 0 Å². The minimum absolute atomic E-state index is 0.161. The summed E-state index contributed by atoms with van der Waals surface area (Å²) in [5.41, 5.74) is 3.66. The van der Waals surface area contributed by atoms with Gasteiger partial charge in [-0.25, -0.2) is 4.98 Å². The largest absolute Gasteiger partial charge is 0.307 e. The van der Waals surface area contributed by atoms with Gasteiger partial charge < -0.3 is 5.32 Å². The summed E-state index contributed by atoms with van der Waals surface area (Å²) in [4.78, 5) is 4.75. The van der Waals surface area contributed by atoms with Gasteiger partial charge >= 0.3 is 0 Å². The van der Waals surface area contributed by atoms with Crippen molar-refractivity contribution in [2.24, 2.45) is 0 Å². The molecular formula is C15H19BrN2S. The van der Waals surface area contributed by atoms with Crippen LogP contribution < -0.4 is 5.32 Å². The molecule has 102 valence electrons. The predicted molar refractivity (Wildman–Crippen MR) is 86.0 cm³/mol. The van der Waals surface area contributed by atoms with Crippen molar-refractivity contribution in [1.29, 1.82) is 0 Å². The van der Waals surface area contributed by atoms with Crippen molar-refractivity contribution in [2.75, 3.05) is 7.05 Å². The lowest BCUT2D eigenvalue weighted by Crippen LogP contribution is -2.17. The van der Waals surface area contributed by atoms with Crippen molar-refractivity contribution >= 4 is 27.3 Å². The first-order valence-electron chi connectivity index (χ1n) is 6.41. The number of aromatic nitrogens is 1. The molecular weight excluding hydrogens is 320 g/mol. The Morgan fingerprint density at radius 2 is 2.05 bits per heavy atom. The van der Waals surface area contributed by atoms with Crippen molar-refractivity contribution in [3.05, 3.63) is 49.9 Å². The highest BCUT2D eigenvalue weighted by Gasteiger charge is 2.17. The fourth-order valence-electron chi connectivity index (χ4n) is 1.92. The van der Waals surface area contributed by atoms with Crippen LogP contribution in [-0.4, -0.2) is 12.0 Å². The predicted octanol–water partition coefficient (Wildman–Crippen LogP) is 4.65. The summed E-state index contributed by atoms with van der Waals surface area (Å²) in [5.74, 6) is 0.479. The average molecular weight is 339 g/mol. The van der Waals surface area contributed by atoms with Gasteiger partial charge in [0.25, 0.3) is 0 Å². The lowest BCUT2D eigenvalue weighted by molar-refractivity contribution is 0.678. The second-order valence-corrected chi connectivity index (χ2v) is 6.74. The Balaban J connectivity index is 2.35. The topological polar surface area (TPSA) is 24.9 Å². The van der Waals surface area contributed by atoms with Crippen molar-refractivity contribution in [1.82, 2.24) is 10.3 Å². The molecule has 0 spiro atoms. The average Bonchev–Trinajstić information content (AvgIpc) is 2.84. The summed E-state index contributed by atoms with van der Waals surface area (Å²) >= 11 is 5.33. The molecule has 2 nitrogen and oxygen atoms in total. The van der Waals surface area contributed by atoms with E-state index in [4.69, 9.17) is 4.98 Å². The number of halogens is 1. The molecule has 0 saturated carbocycles. The Kier molecular flexibility index (Phi) is 4.76. The number of aryl methyl sites for hydroxylation is 1. The number of benzene rings is 1. The summed E-state index contributed by atoms with van der Waals surface area (Å²) in [5, 5.41) is 6.65. The molecule has 0 bridgehead atoms. The molecule has 1 unspecified atom stereocenters. The fourth-order valence-corrected chi connectivity index (χ4v) is 3.43. The Bertz CT molecular complexity index is 563. The minimum atomic E-state index is 0.161. The summed E-state index contributed by atoms with van der Waals surface area (Å²) in [7, 11) is 1.98. The molecule has 0 aliphatic rings. The summed E-state index contributed by atoms with van der Waals surface area (Å²) in [6.07, 6.45) is 0. The van der Waals surface area contributed by atoms with Gasteiger partial charge in [0, 0.05) is 9.85 Å². The molecule has 1 atom stereocenters. The number of thiazole rings is 1. The number of nitrogens with zero attached hydrogens (tertiary/aromatic N) is 1. The number of rotatable bonds is 4. The van der Waals surface area contributed by atoms with Gasteiger partial charge in [-0.1, -0.05) is 41.9 Å². The third kappa shape index (κ3) is 3.25. The van der Waals surface area contributed by atoms with Crippen LogP contribution in [0.1, 0.15) is 47.6 Å². The van der Waals surface area contributed by atoms with Gasteiger partial charge in [-0.3, -0.25) is 0 Å². The molecule has 1 N–H and O–H groups in total. The van der Waals surface area contributed by atoms with Crippen LogP contribution in [0.25, 0.3) is 0 Å². The monoisotopic (exact) mass is 338 g/mol. The van der Waals surface area contributed by atoms with Gasteiger partial charge in [0.2, 0.25) is 0 Å². The zero-order chi connectivity index (χ0) is 14.0. The summed E-state index contributed by atoms with van der Waals surface area (Å²) < 4.78 is 1.14. The van der Waals surface area contributed by atoms with Crippen molar-refractivity contribution in [3.8, 4) is 0 Å². The van der Waals surface area contributed by atoms with Crippen molar-refractivity contribution in [3.63, 3.8) is 0 Å². The van der Waals surface area contributed by atoms with E-state index in [1.807, 2.05) is 7.05 Å². The van der Waals surface area contributed by atoms with Gasteiger partial charge in [-0.2, -0.15) is 0 Å². The fraction of sp³-hybridized carbons (Fsp3) is 0.400. The second kappa shape index (κ2) is 6.16. The Hall–Kier alpha value is -0.710. The molecule has 1 heterocycles. The minimum Gasteiger partial charge on any atom is -0.307 e. The highest BCUT2D eigenvalue weighted by molar-refractivity contribution is 9.10. The van der Waals surface area contributed by atoms with E-state index in [0.717, 1.165) is 9.48 Å². The smallest absolute Gasteiger partial charge is 0.114 e. The van der Waals surface area contributed by atoms with E-state index in [1.165, 1.54) is 16.8 Å². The van der Waals surface area contributed by atoms with Crippen molar-refractivity contribution < 1.29 is 0 Å². The molecule has 0 aliphatic heterocycles. The highest BCUT2D eigenvalue weighted by Crippen LogP contribution is 2.29. The standard InChI is InChI=1S/C15H19BrN2S/c1-9(2)13-8-19-15(18-13)14(17-4)11-6-5-10(3)12(16)7-11/h5-9,14,17H,1-4H3. The van der Waals surface area contributed by atoms with E-state index in [1.54, 1.807) is 11.3 Å². The van der Waals surface area contributed by atoms with E-state index in [0.29, 0.717) is 5.92 Å². The van der Waals surface area contributed by atoms with Crippen molar-refractivity contribution in [2.45, 2.75) is 32.7 Å². The molecule has 0 amide bonds. The maximum absolute atomic E-state index is 4.75. The summed E-state index contributed by atoms with van der Waals surface area (Å²) in [6, 6.07) is 6.64. The molecule has 4 heteroatoms. The van der Waals surface area contributed by atoms with Crippen LogP contribution in [-0.2, 0) is 0 Å². The molecule has 0 fully saturated rings. The molecule has 1 aromatic heterocycles. The van der Waals surface area contributed by atoms with E-state index in [9.17, 15) is 0 Å². The first kappa shape index (κ1) is 14.7. The van der Waals surface area contributed by atoms with Crippen LogP contribution in [0.2, 0.25) is 0 Å². The van der Waals surface area contributed by atoms with Gasteiger partial charge in [0.05, 0.1) is 11.7 Å². The Labute approximate surface area is 127 Å². The Morgan fingerprint density at radius 1 is 1.32 bits per heavy atom. The van der Waals surface area contributed by atoms with Crippen LogP contribution in [0.3, 0.4) is 0 Å². The molecule has 0 aliphatic carbocycles. The molecule has 19 heavy (non-hydrogen) atoms.